The van der Waals surface area contributed by atoms with Gasteiger partial charge in [0.05, 0.1) is 34.4 Å². The van der Waals surface area contributed by atoms with Crippen molar-refractivity contribution in [1.29, 1.82) is 0 Å². The van der Waals surface area contributed by atoms with E-state index >= 15 is 0 Å². The summed E-state index contributed by atoms with van der Waals surface area (Å²) in [5.74, 6) is -0.464. The number of hydrogen-bond acceptors (Lipinski definition) is 10. The lowest BCUT2D eigenvalue weighted by molar-refractivity contribution is -0.137. The Labute approximate surface area is 241 Å². The van der Waals surface area contributed by atoms with Crippen molar-refractivity contribution in [3.8, 4) is 10.6 Å². The summed E-state index contributed by atoms with van der Waals surface area (Å²) in [6, 6.07) is 2.50. The third-order valence-electron chi connectivity index (χ3n) is 7.03. The van der Waals surface area contributed by atoms with E-state index in [9.17, 15) is 9.59 Å². The molecule has 1 unspecified atom stereocenters. The average molecular weight is 592 g/mol. The van der Waals surface area contributed by atoms with Gasteiger partial charge < -0.3 is 10.0 Å². The van der Waals surface area contributed by atoms with E-state index in [-0.39, 0.29) is 24.1 Å². The zero-order valence-corrected chi connectivity index (χ0v) is 24.9. The number of aliphatic carboxylic acids is 1. The largest absolute Gasteiger partial charge is 0.481 e. The molecule has 2 atom stereocenters. The van der Waals surface area contributed by atoms with Crippen LogP contribution in [0.3, 0.4) is 0 Å². The Morgan fingerprint density at radius 1 is 1.31 bits per heavy atom. The lowest BCUT2D eigenvalue weighted by Gasteiger charge is -2.40. The number of thiophene rings is 1. The minimum atomic E-state index is -0.788. The molecule has 4 heterocycles. The molecule has 1 amide bonds. The minimum Gasteiger partial charge on any atom is -0.481 e. The number of nitrogens with zero attached hydrogens (tertiary/aromatic N) is 6. The first-order valence-corrected chi connectivity index (χ1v) is 15.0. The van der Waals surface area contributed by atoms with Gasteiger partial charge in [-0.2, -0.15) is 0 Å². The molecule has 13 heteroatoms. The van der Waals surface area contributed by atoms with Gasteiger partial charge in [-0.05, 0) is 33.4 Å². The van der Waals surface area contributed by atoms with Gasteiger partial charge in [0.15, 0.2) is 5.13 Å². The van der Waals surface area contributed by atoms with E-state index in [2.05, 4.69) is 57.8 Å². The van der Waals surface area contributed by atoms with Crippen molar-refractivity contribution in [3.05, 3.63) is 39.4 Å². The van der Waals surface area contributed by atoms with Crippen molar-refractivity contribution in [2.24, 2.45) is 0 Å². The van der Waals surface area contributed by atoms with Gasteiger partial charge in [-0.15, -0.1) is 11.3 Å². The molecule has 1 aliphatic rings. The number of hydrogen-bond donors (Lipinski definition) is 2. The van der Waals surface area contributed by atoms with Gasteiger partial charge in [0.1, 0.15) is 11.5 Å². The van der Waals surface area contributed by atoms with Crippen molar-refractivity contribution in [3.63, 3.8) is 0 Å². The summed E-state index contributed by atoms with van der Waals surface area (Å²) in [4.78, 5) is 46.1. The maximum atomic E-state index is 13.0. The van der Waals surface area contributed by atoms with Crippen LogP contribution in [-0.2, 0) is 11.3 Å². The van der Waals surface area contributed by atoms with Crippen molar-refractivity contribution in [2.75, 3.05) is 43.4 Å². The summed E-state index contributed by atoms with van der Waals surface area (Å²) < 4.78 is 0. The Bertz CT molecular complexity index is 1280. The fourth-order valence-corrected chi connectivity index (χ4v) is 6.56. The summed E-state index contributed by atoms with van der Waals surface area (Å²) in [7, 11) is 2.09. The quantitative estimate of drug-likeness (QED) is 0.325. The first-order valence-electron chi connectivity index (χ1n) is 12.9. The number of carboxylic acid groups (broad SMARTS) is 1. The predicted octanol–water partition coefficient (Wildman–Crippen LogP) is 4.78. The monoisotopic (exact) mass is 591 g/mol. The SMILES string of the molecule is CCC(C)N(C)Cc1sc(NC(=O)c2cnc(N3CCN(CCC(=O)O)[C@H](C)C3)cn2)nc1-c1cc(Cl)cs1. The van der Waals surface area contributed by atoms with Gasteiger partial charge >= 0.3 is 5.97 Å². The second-order valence-electron chi connectivity index (χ2n) is 9.78. The van der Waals surface area contributed by atoms with Gasteiger partial charge in [0.2, 0.25) is 0 Å². The molecular formula is C26H34ClN7O3S2. The van der Waals surface area contributed by atoms with Gasteiger partial charge in [-0.25, -0.2) is 15.0 Å². The number of anilines is 2. The van der Waals surface area contributed by atoms with E-state index in [1.807, 2.05) is 11.4 Å². The zero-order chi connectivity index (χ0) is 28.1. The average Bonchev–Trinajstić information content (AvgIpc) is 3.52. The van der Waals surface area contributed by atoms with Crippen LogP contribution in [0, 0.1) is 0 Å². The summed E-state index contributed by atoms with van der Waals surface area (Å²) >= 11 is 9.17. The molecule has 2 N–H and O–H groups in total. The molecule has 0 saturated carbocycles. The van der Waals surface area contributed by atoms with E-state index in [1.165, 1.54) is 28.9 Å². The summed E-state index contributed by atoms with van der Waals surface area (Å²) in [6.45, 7) is 9.84. The maximum Gasteiger partial charge on any atom is 0.304 e. The highest BCUT2D eigenvalue weighted by molar-refractivity contribution is 7.17. The molecule has 3 aromatic heterocycles. The predicted molar refractivity (Wildman–Crippen MR) is 157 cm³/mol. The number of amides is 1. The minimum absolute atomic E-state index is 0.131. The van der Waals surface area contributed by atoms with E-state index in [0.29, 0.717) is 48.2 Å². The Morgan fingerprint density at radius 2 is 2.10 bits per heavy atom. The van der Waals surface area contributed by atoms with Crippen LogP contribution in [0.1, 0.15) is 49.0 Å². The molecule has 39 heavy (non-hydrogen) atoms. The number of carbonyl (C=O) groups is 2. The van der Waals surface area contributed by atoms with Crippen molar-refractivity contribution < 1.29 is 14.7 Å². The Balaban J connectivity index is 1.43. The standard InChI is InChI=1S/C26H34ClN7O3S2/c1-5-16(2)32(4)14-21-24(20-10-18(27)15-38-20)30-26(39-21)31-25(37)19-11-29-22(12-28-19)34-9-8-33(17(3)13-34)7-6-23(35)36/h10-12,15-17H,5-9,13-14H2,1-4H3,(H,35,36)(H,30,31,37)/t16?,17-/m1/s1. The normalized spacial score (nSPS) is 17.0. The molecule has 0 spiro atoms. The number of nitrogens with one attached hydrogen (secondary N) is 1. The molecule has 1 saturated heterocycles. The van der Waals surface area contributed by atoms with E-state index in [0.717, 1.165) is 28.4 Å². The fraction of sp³-hybridized carbons (Fsp3) is 0.500. The number of thiazole rings is 1. The Kier molecular flexibility index (Phi) is 9.89. The topological polar surface area (TPSA) is 115 Å². The van der Waals surface area contributed by atoms with Crippen LogP contribution in [0.15, 0.2) is 23.8 Å². The highest BCUT2D eigenvalue weighted by atomic mass is 35.5. The Morgan fingerprint density at radius 3 is 2.72 bits per heavy atom. The van der Waals surface area contributed by atoms with Crippen LogP contribution >= 0.6 is 34.3 Å². The molecule has 0 radical (unpaired) electrons. The number of carbonyl (C=O) groups excluding carboxylic acids is 1. The summed E-state index contributed by atoms with van der Waals surface area (Å²) in [5.41, 5.74) is 1.04. The van der Waals surface area contributed by atoms with Crippen LogP contribution in [0.4, 0.5) is 10.9 Å². The number of aromatic nitrogens is 3. The highest BCUT2D eigenvalue weighted by Gasteiger charge is 2.25. The Hall–Kier alpha value is -2.64. The zero-order valence-electron chi connectivity index (χ0n) is 22.6. The second-order valence-corrected chi connectivity index (χ2v) is 12.2. The first-order chi connectivity index (χ1) is 18.6. The smallest absolute Gasteiger partial charge is 0.304 e. The third-order valence-corrected chi connectivity index (χ3v) is 9.27. The molecule has 4 rings (SSSR count). The molecule has 1 fully saturated rings. The molecule has 0 aliphatic carbocycles. The molecular weight excluding hydrogens is 558 g/mol. The molecule has 0 bridgehead atoms. The molecule has 210 valence electrons. The van der Waals surface area contributed by atoms with Gasteiger partial charge in [-0.3, -0.25) is 24.7 Å². The number of halogens is 1. The second kappa shape index (κ2) is 13.1. The highest BCUT2D eigenvalue weighted by Crippen LogP contribution is 2.37. The lowest BCUT2D eigenvalue weighted by atomic mass is 10.2. The molecule has 3 aromatic rings. The maximum absolute atomic E-state index is 13.0. The van der Waals surface area contributed by atoms with Gasteiger partial charge in [-0.1, -0.05) is 29.9 Å². The lowest BCUT2D eigenvalue weighted by Crippen LogP contribution is -2.52. The molecule has 1 aliphatic heterocycles. The van der Waals surface area contributed by atoms with Crippen LogP contribution in [0.25, 0.3) is 10.6 Å². The third kappa shape index (κ3) is 7.52. The van der Waals surface area contributed by atoms with Crippen LogP contribution in [-0.4, -0.2) is 87.0 Å². The molecule has 0 aromatic carbocycles. The van der Waals surface area contributed by atoms with Crippen LogP contribution in [0.2, 0.25) is 5.02 Å². The van der Waals surface area contributed by atoms with Crippen molar-refractivity contribution >= 4 is 57.1 Å². The number of piperazine rings is 1. The van der Waals surface area contributed by atoms with Crippen molar-refractivity contribution in [1.82, 2.24) is 24.8 Å². The number of rotatable bonds is 11. The van der Waals surface area contributed by atoms with Gasteiger partial charge in [0.25, 0.3) is 5.91 Å². The first kappa shape index (κ1) is 29.3. The van der Waals surface area contributed by atoms with E-state index in [1.54, 1.807) is 6.20 Å². The summed E-state index contributed by atoms with van der Waals surface area (Å²) in [6.07, 6.45) is 4.26. The van der Waals surface area contributed by atoms with Crippen molar-refractivity contribution in [2.45, 2.75) is 52.2 Å². The van der Waals surface area contributed by atoms with E-state index in [4.69, 9.17) is 21.7 Å². The van der Waals surface area contributed by atoms with Crippen LogP contribution < -0.4 is 10.2 Å². The summed E-state index contributed by atoms with van der Waals surface area (Å²) in [5, 5.41) is 14.9. The van der Waals surface area contributed by atoms with Gasteiger partial charge in [0, 0.05) is 55.1 Å². The van der Waals surface area contributed by atoms with Crippen LogP contribution in [0.5, 0.6) is 0 Å². The fourth-order valence-electron chi connectivity index (χ4n) is 4.37. The van der Waals surface area contributed by atoms with E-state index < -0.39 is 5.97 Å². The number of carboxylic acids is 1. The molecule has 10 nitrogen and oxygen atoms in total.